The van der Waals surface area contributed by atoms with Gasteiger partial charge in [0.05, 0.1) is 0 Å². The molecule has 0 N–H and O–H groups in total. The molecule has 0 aromatic heterocycles. The second-order valence-electron chi connectivity index (χ2n) is 11.7. The molecule has 0 aliphatic rings. The van der Waals surface area contributed by atoms with Crippen LogP contribution in [0.25, 0.3) is 65.3 Å². The van der Waals surface area contributed by atoms with Crippen LogP contribution in [0.15, 0.2) is 146 Å². The topological polar surface area (TPSA) is 0 Å². The minimum Gasteiger partial charge on any atom is -1.00 e. The van der Waals surface area contributed by atoms with E-state index in [1.165, 1.54) is 99.5 Å². The zero-order valence-electron chi connectivity index (χ0n) is 26.6. The number of hydrogen-bond donors (Lipinski definition) is 0. The van der Waals surface area contributed by atoms with Gasteiger partial charge in [0, 0.05) is 0 Å². The van der Waals surface area contributed by atoms with Gasteiger partial charge >= 0.3 is 41.6 Å². The predicted molar refractivity (Wildman–Crippen MR) is 192 cm³/mol. The van der Waals surface area contributed by atoms with E-state index in [4.69, 9.17) is 0 Å². The van der Waals surface area contributed by atoms with Crippen molar-refractivity contribution >= 4 is 48.6 Å². The molecule has 8 rings (SSSR count). The number of hydrogen-bond acceptors (Lipinski definition) is 0. The molecular weight excluding hydrogens is 782 g/mol. The van der Waals surface area contributed by atoms with Crippen molar-refractivity contribution in [1.29, 1.82) is 0 Å². The van der Waals surface area contributed by atoms with Gasteiger partial charge in [0.1, 0.15) is 0 Å². The standard InChI is InChI=1S/2C20H15.C2H6Si.2ClH.Hf/c2*1-14-12-16-8-5-11-19(20(16)13-14)18-10-4-7-15-6-2-3-9-17(15)18;1-3-2;;;/h2*2-13H,1H3;1-2H3;2*1H;/q2*-1;;;;+2/p-2. The van der Waals surface area contributed by atoms with E-state index in [0.29, 0.717) is 0 Å². The summed E-state index contributed by atoms with van der Waals surface area (Å²) in [5, 5.41) is 10.6. The van der Waals surface area contributed by atoms with Crippen LogP contribution in [-0.2, 0) is 23.0 Å². The van der Waals surface area contributed by atoms with E-state index in [9.17, 15) is 0 Å². The normalized spacial score (nSPS) is 10.4. The van der Waals surface area contributed by atoms with Gasteiger partial charge in [-0.05, 0) is 32.7 Å². The Kier molecular flexibility index (Phi) is 12.4. The van der Waals surface area contributed by atoms with Crippen molar-refractivity contribution in [2.45, 2.75) is 26.9 Å². The molecule has 4 heteroatoms. The SMILES string of the molecule is C[Si](C)=[Hf+2].Cc1cc2c(-c3cccc4ccccc34)cccc2[cH-]1.Cc1cc2c(-c3cccc4ccccc34)cccc2[cH-]1.[Cl-].[Cl-]. The van der Waals surface area contributed by atoms with Crippen molar-refractivity contribution in [3.8, 4) is 22.3 Å². The number of aryl methyl sites for hydroxylation is 2. The molecule has 0 nitrogen and oxygen atoms in total. The van der Waals surface area contributed by atoms with E-state index in [2.05, 4.69) is 173 Å². The summed E-state index contributed by atoms with van der Waals surface area (Å²) in [6.45, 7) is 8.98. The van der Waals surface area contributed by atoms with E-state index in [1.54, 1.807) is 0 Å². The molecule has 0 saturated carbocycles. The van der Waals surface area contributed by atoms with Crippen molar-refractivity contribution in [2.75, 3.05) is 0 Å². The first kappa shape index (κ1) is 35.6. The zero-order chi connectivity index (χ0) is 30.6. The van der Waals surface area contributed by atoms with Crippen molar-refractivity contribution < 1.29 is 47.8 Å². The molecule has 8 aromatic rings. The summed E-state index contributed by atoms with van der Waals surface area (Å²) in [6, 6.07) is 52.5. The molecular formula is C42H36Cl2HfSi-2. The smallest absolute Gasteiger partial charge is 0.0114 e. The minimum absolute atomic E-state index is 0. The Morgan fingerprint density at radius 2 is 0.739 bits per heavy atom. The molecule has 0 atom stereocenters. The maximum atomic E-state index is 2.33. The summed E-state index contributed by atoms with van der Waals surface area (Å²) >= 11 is 1.45. The first-order valence-corrected chi connectivity index (χ1v) is 23.1. The van der Waals surface area contributed by atoms with E-state index in [-0.39, 0.29) is 30.3 Å². The predicted octanol–water partition coefficient (Wildman–Crippen LogP) is 6.17. The number of rotatable bonds is 2. The summed E-state index contributed by atoms with van der Waals surface area (Å²) < 4.78 is 0. The molecule has 0 amide bonds. The van der Waals surface area contributed by atoms with Crippen LogP contribution in [0.1, 0.15) is 11.1 Å². The van der Waals surface area contributed by atoms with Crippen LogP contribution in [-0.4, -0.2) is 5.49 Å². The molecule has 0 unspecified atom stereocenters. The van der Waals surface area contributed by atoms with Gasteiger partial charge in [0.25, 0.3) is 0 Å². The average molecular weight is 818 g/mol. The third-order valence-corrected chi connectivity index (χ3v) is 7.95. The van der Waals surface area contributed by atoms with Gasteiger partial charge in [-0.25, -0.2) is 0 Å². The molecule has 0 bridgehead atoms. The van der Waals surface area contributed by atoms with Gasteiger partial charge in [0.2, 0.25) is 0 Å². The molecule has 0 fully saturated rings. The Bertz CT molecular complexity index is 2090. The molecule has 0 heterocycles. The molecule has 0 radical (unpaired) electrons. The number of halogens is 2. The van der Waals surface area contributed by atoms with Crippen LogP contribution < -0.4 is 24.8 Å². The van der Waals surface area contributed by atoms with Crippen LogP contribution in [0.2, 0.25) is 13.1 Å². The second kappa shape index (κ2) is 16.0. The fourth-order valence-corrected chi connectivity index (χ4v) is 6.16. The van der Waals surface area contributed by atoms with Gasteiger partial charge in [0.15, 0.2) is 0 Å². The Morgan fingerprint density at radius 1 is 0.435 bits per heavy atom. The summed E-state index contributed by atoms with van der Waals surface area (Å²) in [5.74, 6) is 0. The molecule has 0 aliphatic heterocycles. The molecule has 228 valence electrons. The van der Waals surface area contributed by atoms with Crippen molar-refractivity contribution in [2.24, 2.45) is 0 Å². The fraction of sp³-hybridized carbons (Fsp3) is 0.0952. The Hall–Kier alpha value is -3.27. The van der Waals surface area contributed by atoms with Crippen LogP contribution in [0.3, 0.4) is 0 Å². The fourth-order valence-electron chi connectivity index (χ4n) is 6.16. The Labute approximate surface area is 300 Å². The average Bonchev–Trinajstić information content (AvgIpc) is 3.61. The Morgan fingerprint density at radius 3 is 1.13 bits per heavy atom. The molecule has 8 aromatic carbocycles. The summed E-state index contributed by atoms with van der Waals surface area (Å²) in [6.07, 6.45) is 0. The molecule has 46 heavy (non-hydrogen) atoms. The maximum absolute atomic E-state index is 2.33. The van der Waals surface area contributed by atoms with Gasteiger partial charge in [-0.1, -0.05) is 122 Å². The van der Waals surface area contributed by atoms with Crippen LogP contribution >= 0.6 is 0 Å². The number of benzene rings is 6. The van der Waals surface area contributed by atoms with Crippen molar-refractivity contribution in [1.82, 2.24) is 0 Å². The first-order chi connectivity index (χ1) is 21.4. The first-order valence-electron chi connectivity index (χ1n) is 15.2. The van der Waals surface area contributed by atoms with Gasteiger partial charge in [-0.2, -0.15) is 12.1 Å². The van der Waals surface area contributed by atoms with Gasteiger partial charge in [-0.15, -0.1) is 69.1 Å². The van der Waals surface area contributed by atoms with Crippen LogP contribution in [0.5, 0.6) is 0 Å². The minimum atomic E-state index is 0. The van der Waals surface area contributed by atoms with Gasteiger partial charge < -0.3 is 24.8 Å². The van der Waals surface area contributed by atoms with Crippen LogP contribution in [0, 0.1) is 13.8 Å². The summed E-state index contributed by atoms with van der Waals surface area (Å²) in [7, 11) is 0. The molecule has 0 saturated heterocycles. The molecule has 0 spiro atoms. The third-order valence-electron chi connectivity index (χ3n) is 7.95. The van der Waals surface area contributed by atoms with Crippen LogP contribution in [0.4, 0.5) is 0 Å². The zero-order valence-corrected chi connectivity index (χ0v) is 32.7. The largest absolute Gasteiger partial charge is 1.00 e. The van der Waals surface area contributed by atoms with Crippen molar-refractivity contribution in [3.63, 3.8) is 0 Å². The van der Waals surface area contributed by atoms with E-state index in [0.717, 1.165) is 0 Å². The summed E-state index contributed by atoms with van der Waals surface area (Å²) in [4.78, 5) is 0. The van der Waals surface area contributed by atoms with E-state index < -0.39 is 0 Å². The molecule has 0 aliphatic carbocycles. The van der Waals surface area contributed by atoms with Gasteiger partial charge in [-0.3, -0.25) is 0 Å². The second-order valence-corrected chi connectivity index (χ2v) is 24.5. The third kappa shape index (κ3) is 7.81. The summed E-state index contributed by atoms with van der Waals surface area (Å²) in [5.41, 5.74) is 8.20. The number of fused-ring (bicyclic) bond motifs is 4. The maximum Gasteiger partial charge on any atom is -0.0114 e. The quantitative estimate of drug-likeness (QED) is 0.145. The monoisotopic (exact) mass is 818 g/mol. The van der Waals surface area contributed by atoms with E-state index in [1.807, 2.05) is 0 Å². The van der Waals surface area contributed by atoms with E-state index >= 15 is 0 Å². The van der Waals surface area contributed by atoms with Crippen molar-refractivity contribution in [3.05, 3.63) is 157 Å². The Balaban J connectivity index is 0.000000180.